The van der Waals surface area contributed by atoms with Crippen molar-refractivity contribution in [3.8, 4) is 22.5 Å². The number of carbonyl (C=O) groups is 1. The number of ether oxygens (including phenoxy) is 1. The number of aryl methyl sites for hydroxylation is 2. The zero-order valence-electron chi connectivity index (χ0n) is 26.6. The number of rotatable bonds is 8. The fourth-order valence-electron chi connectivity index (χ4n) is 5.75. The highest BCUT2D eigenvalue weighted by Gasteiger charge is 2.36. The molecule has 9 nitrogen and oxygen atoms in total. The second kappa shape index (κ2) is 12.1. The van der Waals surface area contributed by atoms with E-state index < -0.39 is 17.7 Å². The number of tetrazole rings is 1. The van der Waals surface area contributed by atoms with Crippen LogP contribution in [0, 0.1) is 25.1 Å². The van der Waals surface area contributed by atoms with Crippen LogP contribution in [-0.2, 0) is 16.1 Å². The molecule has 1 unspecified atom stereocenters. The third kappa shape index (κ3) is 6.96. The van der Waals surface area contributed by atoms with Gasteiger partial charge in [0, 0.05) is 41.2 Å². The van der Waals surface area contributed by atoms with Crippen LogP contribution in [0.5, 0.6) is 0 Å². The van der Waals surface area contributed by atoms with Crippen molar-refractivity contribution < 1.29 is 19.0 Å². The van der Waals surface area contributed by atoms with Gasteiger partial charge in [0.1, 0.15) is 5.82 Å². The Morgan fingerprint density at radius 1 is 1.05 bits per heavy atom. The predicted octanol–water partition coefficient (Wildman–Crippen LogP) is 6.77. The van der Waals surface area contributed by atoms with Gasteiger partial charge >= 0.3 is 5.97 Å². The average Bonchev–Trinajstić information content (AvgIpc) is 3.41. The van der Waals surface area contributed by atoms with Gasteiger partial charge < -0.3 is 14.7 Å². The summed E-state index contributed by atoms with van der Waals surface area (Å²) in [4.78, 5) is 21.4. The van der Waals surface area contributed by atoms with Crippen molar-refractivity contribution in [3.63, 3.8) is 0 Å². The molecule has 1 saturated heterocycles. The van der Waals surface area contributed by atoms with Crippen molar-refractivity contribution in [1.29, 1.82) is 0 Å². The Balaban J connectivity index is 1.61. The van der Waals surface area contributed by atoms with E-state index in [0.29, 0.717) is 23.6 Å². The first-order valence-corrected chi connectivity index (χ1v) is 15.0. The molecule has 0 amide bonds. The molecule has 2 aromatic carbocycles. The molecule has 1 N–H and O–H groups in total. The Bertz CT molecular complexity index is 1650. The molecule has 3 heterocycles. The molecule has 0 aliphatic carbocycles. The maximum atomic E-state index is 13.3. The number of aliphatic carboxylic acids is 1. The zero-order chi connectivity index (χ0) is 31.8. The largest absolute Gasteiger partial charge is 0.479 e. The van der Waals surface area contributed by atoms with Gasteiger partial charge in [-0.25, -0.2) is 9.18 Å². The molecule has 2 aromatic heterocycles. The van der Waals surface area contributed by atoms with E-state index in [1.807, 2.05) is 58.9 Å². The minimum Gasteiger partial charge on any atom is -0.479 e. The Morgan fingerprint density at radius 3 is 2.34 bits per heavy atom. The molecule has 1 fully saturated rings. The molecule has 232 valence electrons. The number of hydrogen-bond donors (Lipinski definition) is 1. The van der Waals surface area contributed by atoms with Crippen LogP contribution in [0.1, 0.15) is 76.1 Å². The summed E-state index contributed by atoms with van der Waals surface area (Å²) in [6.07, 6.45) is 0.763. The number of anilines is 1. The number of hydrogen-bond acceptors (Lipinski definition) is 7. The topological polar surface area (TPSA) is 106 Å². The van der Waals surface area contributed by atoms with Gasteiger partial charge in [-0.05, 0) is 87.4 Å². The molecule has 0 spiro atoms. The molecule has 4 aromatic rings. The molecule has 1 aliphatic heterocycles. The smallest absolute Gasteiger partial charge is 0.337 e. The molecule has 0 radical (unpaired) electrons. The third-order valence-corrected chi connectivity index (χ3v) is 8.07. The summed E-state index contributed by atoms with van der Waals surface area (Å²) < 4.78 is 19.5. The van der Waals surface area contributed by atoms with E-state index in [-0.39, 0.29) is 11.2 Å². The van der Waals surface area contributed by atoms with Gasteiger partial charge in [-0.1, -0.05) is 44.2 Å². The fourth-order valence-corrected chi connectivity index (χ4v) is 5.75. The lowest BCUT2D eigenvalue weighted by Crippen LogP contribution is -2.39. The van der Waals surface area contributed by atoms with Gasteiger partial charge in [-0.2, -0.15) is 4.80 Å². The molecular weight excluding hydrogens is 559 g/mol. The molecular formula is C34H41FN6O3. The standard InChI is InChI=1S/C34H41FN6O3/c1-21-27(24-9-8-10-25(19-24)31-37-39-41(38-31)20-23-11-13-26(35)14-12-23)29(40-17-15-34(6,7)16-18-40)28(22(2)36-21)30(32(42)43)44-33(3,4)5/h8-14,19,30H,15-18,20H2,1-7H3,(H,42,43). The molecule has 10 heteroatoms. The molecule has 5 rings (SSSR count). The second-order valence-electron chi connectivity index (χ2n) is 13.4. The van der Waals surface area contributed by atoms with Crippen LogP contribution in [0.2, 0.25) is 0 Å². The van der Waals surface area contributed by atoms with Crippen molar-refractivity contribution in [2.45, 2.75) is 79.6 Å². The van der Waals surface area contributed by atoms with Crippen LogP contribution in [0.15, 0.2) is 48.5 Å². The summed E-state index contributed by atoms with van der Waals surface area (Å²) in [5.74, 6) is -0.893. The van der Waals surface area contributed by atoms with Crippen LogP contribution in [0.3, 0.4) is 0 Å². The maximum Gasteiger partial charge on any atom is 0.337 e. The van der Waals surface area contributed by atoms with Crippen LogP contribution >= 0.6 is 0 Å². The van der Waals surface area contributed by atoms with Gasteiger partial charge in [0.15, 0.2) is 6.10 Å². The Morgan fingerprint density at radius 2 is 1.70 bits per heavy atom. The first-order valence-electron chi connectivity index (χ1n) is 15.0. The van der Waals surface area contributed by atoms with E-state index in [1.54, 1.807) is 12.1 Å². The lowest BCUT2D eigenvalue weighted by molar-refractivity contribution is -0.160. The number of nitrogens with zero attached hydrogens (tertiary/aromatic N) is 6. The highest BCUT2D eigenvalue weighted by atomic mass is 19.1. The minimum atomic E-state index is -1.19. The number of pyridine rings is 1. The van der Waals surface area contributed by atoms with Gasteiger partial charge in [0.25, 0.3) is 0 Å². The summed E-state index contributed by atoms with van der Waals surface area (Å²) in [6, 6.07) is 14.1. The molecule has 1 aliphatic rings. The van der Waals surface area contributed by atoms with Gasteiger partial charge in [0.05, 0.1) is 17.8 Å². The van der Waals surface area contributed by atoms with E-state index >= 15 is 0 Å². The number of piperidine rings is 1. The molecule has 0 bridgehead atoms. The minimum absolute atomic E-state index is 0.202. The predicted molar refractivity (Wildman–Crippen MR) is 168 cm³/mol. The first kappa shape index (κ1) is 31.3. The van der Waals surface area contributed by atoms with E-state index in [1.165, 1.54) is 16.9 Å². The van der Waals surface area contributed by atoms with Crippen LogP contribution in [0.4, 0.5) is 10.1 Å². The summed E-state index contributed by atoms with van der Waals surface area (Å²) in [6.45, 7) is 15.9. The van der Waals surface area contributed by atoms with Crippen LogP contribution in [0.25, 0.3) is 22.5 Å². The van der Waals surface area contributed by atoms with Crippen molar-refractivity contribution in [1.82, 2.24) is 25.2 Å². The van der Waals surface area contributed by atoms with Gasteiger partial charge in [-0.3, -0.25) is 4.98 Å². The van der Waals surface area contributed by atoms with Gasteiger partial charge in [0.2, 0.25) is 5.82 Å². The summed E-state index contributed by atoms with van der Waals surface area (Å²) >= 11 is 0. The van der Waals surface area contributed by atoms with E-state index in [4.69, 9.17) is 9.72 Å². The monoisotopic (exact) mass is 600 g/mol. The quantitative estimate of drug-likeness (QED) is 0.236. The molecule has 44 heavy (non-hydrogen) atoms. The summed E-state index contributed by atoms with van der Waals surface area (Å²) in [5, 5.41) is 23.5. The summed E-state index contributed by atoms with van der Waals surface area (Å²) in [5.41, 5.74) is 5.77. The van der Waals surface area contributed by atoms with Crippen molar-refractivity contribution in [3.05, 3.63) is 76.9 Å². The second-order valence-corrected chi connectivity index (χ2v) is 13.4. The van der Waals surface area contributed by atoms with Crippen molar-refractivity contribution >= 4 is 11.7 Å². The fraction of sp³-hybridized carbons (Fsp3) is 0.441. The number of aromatic nitrogens is 5. The van der Waals surface area contributed by atoms with Crippen LogP contribution in [-0.4, -0.2) is 55.0 Å². The third-order valence-electron chi connectivity index (χ3n) is 8.07. The zero-order valence-corrected chi connectivity index (χ0v) is 26.6. The van der Waals surface area contributed by atoms with Gasteiger partial charge in [-0.15, -0.1) is 10.2 Å². The summed E-state index contributed by atoms with van der Waals surface area (Å²) in [7, 11) is 0. The van der Waals surface area contributed by atoms with E-state index in [2.05, 4.69) is 34.2 Å². The normalized spacial score (nSPS) is 15.8. The van der Waals surface area contributed by atoms with Crippen molar-refractivity contribution in [2.75, 3.05) is 18.0 Å². The Kier molecular flexibility index (Phi) is 8.57. The Labute approximate surface area is 258 Å². The lowest BCUT2D eigenvalue weighted by atomic mass is 9.81. The maximum absolute atomic E-state index is 13.3. The number of carboxylic acids is 1. The SMILES string of the molecule is Cc1nc(C)c(C(OC(C)(C)C)C(=O)O)c(N2CCC(C)(C)CC2)c1-c1cccc(-c2nnn(Cc3ccc(F)cc3)n2)c1. The first-order chi connectivity index (χ1) is 20.7. The van der Waals surface area contributed by atoms with E-state index in [9.17, 15) is 14.3 Å². The highest BCUT2D eigenvalue weighted by molar-refractivity contribution is 5.88. The number of carboxylic acid groups (broad SMARTS) is 1. The lowest BCUT2D eigenvalue weighted by Gasteiger charge is -2.41. The molecule has 0 saturated carbocycles. The van der Waals surface area contributed by atoms with Crippen molar-refractivity contribution in [2.24, 2.45) is 5.41 Å². The number of benzene rings is 2. The van der Waals surface area contributed by atoms with E-state index in [0.717, 1.165) is 59.6 Å². The average molecular weight is 601 g/mol. The van der Waals surface area contributed by atoms with Crippen LogP contribution < -0.4 is 4.90 Å². The Hall–Kier alpha value is -4.18. The number of halogens is 1. The highest BCUT2D eigenvalue weighted by Crippen LogP contribution is 2.45. The molecule has 1 atom stereocenters.